The number of carbonyl (C=O) groups excluding carboxylic acids is 1. The lowest BCUT2D eigenvalue weighted by atomic mass is 10.3. The molecule has 0 bridgehead atoms. The fourth-order valence-electron chi connectivity index (χ4n) is 2.30. The molecule has 0 saturated carbocycles. The molecule has 0 saturated heterocycles. The second kappa shape index (κ2) is 7.84. The first-order valence-electron chi connectivity index (χ1n) is 7.84. The zero-order chi connectivity index (χ0) is 17.6. The van der Waals surface area contributed by atoms with E-state index in [0.29, 0.717) is 12.3 Å². The molecule has 0 aliphatic rings. The second-order valence-corrected chi connectivity index (χ2v) is 6.56. The summed E-state index contributed by atoms with van der Waals surface area (Å²) in [5.74, 6) is 0.395. The largest absolute Gasteiger partial charge is 0.484 e. The van der Waals surface area contributed by atoms with Gasteiger partial charge in [0.2, 0.25) is 0 Å². The molecule has 0 fully saturated rings. The van der Waals surface area contributed by atoms with Gasteiger partial charge in [-0.2, -0.15) is 0 Å². The number of nitrogens with zero attached hydrogens (tertiary/aromatic N) is 5. The van der Waals surface area contributed by atoms with Crippen LogP contribution in [0.2, 0.25) is 0 Å². The van der Waals surface area contributed by atoms with E-state index in [2.05, 4.69) is 32.7 Å². The minimum atomic E-state index is -0.180. The Morgan fingerprint density at radius 1 is 1.40 bits per heavy atom. The molecule has 130 valence electrons. The highest BCUT2D eigenvalue weighted by atomic mass is 32.1. The van der Waals surface area contributed by atoms with E-state index < -0.39 is 0 Å². The van der Waals surface area contributed by atoms with Gasteiger partial charge >= 0.3 is 0 Å². The van der Waals surface area contributed by atoms with E-state index in [1.165, 1.54) is 11.0 Å². The fraction of sp³-hybridized carbons (Fsp3) is 0.312. The fourth-order valence-corrected chi connectivity index (χ4v) is 3.27. The summed E-state index contributed by atoms with van der Waals surface area (Å²) in [5, 5.41) is 14.9. The van der Waals surface area contributed by atoms with Crippen LogP contribution in [0.15, 0.2) is 30.6 Å². The van der Waals surface area contributed by atoms with Gasteiger partial charge in [0.1, 0.15) is 12.1 Å². The lowest BCUT2D eigenvalue weighted by Gasteiger charge is -2.08. The predicted octanol–water partition coefficient (Wildman–Crippen LogP) is 1.68. The molecule has 0 aliphatic heterocycles. The van der Waals surface area contributed by atoms with Crippen molar-refractivity contribution in [1.82, 2.24) is 30.5 Å². The Bertz CT molecular complexity index is 846. The van der Waals surface area contributed by atoms with Gasteiger partial charge in [-0.05, 0) is 35.9 Å². The molecular weight excluding hydrogens is 340 g/mol. The summed E-state index contributed by atoms with van der Waals surface area (Å²) in [6.07, 6.45) is 2.35. The van der Waals surface area contributed by atoms with Crippen LogP contribution >= 0.6 is 11.3 Å². The summed E-state index contributed by atoms with van der Waals surface area (Å²) in [5.41, 5.74) is 1.80. The van der Waals surface area contributed by atoms with Gasteiger partial charge in [0.05, 0.1) is 22.9 Å². The van der Waals surface area contributed by atoms with Crippen LogP contribution in [0, 0.1) is 6.92 Å². The van der Waals surface area contributed by atoms with Gasteiger partial charge < -0.3 is 10.1 Å². The SMILES string of the molecule is CCc1nc(C)sc1CNC(=O)COc1cccc(-n2cnnn2)c1. The summed E-state index contributed by atoms with van der Waals surface area (Å²) < 4.78 is 7.07. The van der Waals surface area contributed by atoms with Crippen LogP contribution < -0.4 is 10.1 Å². The monoisotopic (exact) mass is 358 g/mol. The molecular formula is C16H18N6O2S. The summed E-state index contributed by atoms with van der Waals surface area (Å²) in [7, 11) is 0. The Kier molecular flexibility index (Phi) is 5.34. The van der Waals surface area contributed by atoms with Gasteiger partial charge in [0, 0.05) is 10.9 Å². The lowest BCUT2D eigenvalue weighted by molar-refractivity contribution is -0.123. The van der Waals surface area contributed by atoms with E-state index in [4.69, 9.17) is 4.74 Å². The number of nitrogens with one attached hydrogen (secondary N) is 1. The first-order valence-corrected chi connectivity index (χ1v) is 8.65. The number of thiazole rings is 1. The lowest BCUT2D eigenvalue weighted by Crippen LogP contribution is -2.28. The molecule has 9 heteroatoms. The molecule has 8 nitrogen and oxygen atoms in total. The van der Waals surface area contributed by atoms with Crippen LogP contribution in [-0.2, 0) is 17.8 Å². The van der Waals surface area contributed by atoms with Gasteiger partial charge in [-0.25, -0.2) is 9.67 Å². The van der Waals surface area contributed by atoms with Crippen molar-refractivity contribution in [2.24, 2.45) is 0 Å². The van der Waals surface area contributed by atoms with Gasteiger partial charge in [-0.15, -0.1) is 16.4 Å². The van der Waals surface area contributed by atoms with E-state index in [0.717, 1.165) is 27.7 Å². The molecule has 3 aromatic rings. The smallest absolute Gasteiger partial charge is 0.258 e. The van der Waals surface area contributed by atoms with Crippen molar-refractivity contribution in [3.63, 3.8) is 0 Å². The number of hydrogen-bond acceptors (Lipinski definition) is 7. The zero-order valence-corrected chi connectivity index (χ0v) is 14.8. The molecule has 1 aromatic carbocycles. The van der Waals surface area contributed by atoms with Gasteiger partial charge in [-0.3, -0.25) is 4.79 Å². The van der Waals surface area contributed by atoms with Crippen LogP contribution in [0.25, 0.3) is 5.69 Å². The average Bonchev–Trinajstić information content (AvgIpc) is 3.27. The predicted molar refractivity (Wildman–Crippen MR) is 92.7 cm³/mol. The third-order valence-electron chi connectivity index (χ3n) is 3.47. The highest BCUT2D eigenvalue weighted by molar-refractivity contribution is 7.11. The molecule has 1 amide bonds. The van der Waals surface area contributed by atoms with Gasteiger partial charge in [-0.1, -0.05) is 13.0 Å². The summed E-state index contributed by atoms with van der Waals surface area (Å²) in [6, 6.07) is 7.22. The third kappa shape index (κ3) is 4.38. The minimum absolute atomic E-state index is 0.0572. The Balaban J connectivity index is 1.53. The summed E-state index contributed by atoms with van der Waals surface area (Å²) in [4.78, 5) is 17.6. The Hall–Kier alpha value is -2.81. The molecule has 0 aliphatic carbocycles. The van der Waals surface area contributed by atoms with Crippen LogP contribution in [0.5, 0.6) is 5.75 Å². The number of amides is 1. The molecule has 2 aromatic heterocycles. The molecule has 0 spiro atoms. The van der Waals surface area contributed by atoms with Crippen LogP contribution in [0.1, 0.15) is 22.5 Å². The summed E-state index contributed by atoms with van der Waals surface area (Å²) in [6.45, 7) is 4.44. The van der Waals surface area contributed by atoms with Crippen molar-refractivity contribution in [3.8, 4) is 11.4 Å². The van der Waals surface area contributed by atoms with E-state index in [9.17, 15) is 4.79 Å². The quantitative estimate of drug-likeness (QED) is 0.690. The summed E-state index contributed by atoms with van der Waals surface area (Å²) >= 11 is 1.61. The van der Waals surface area contributed by atoms with Gasteiger partial charge in [0.25, 0.3) is 5.91 Å². The van der Waals surface area contributed by atoms with E-state index in [-0.39, 0.29) is 12.5 Å². The molecule has 0 atom stereocenters. The van der Waals surface area contributed by atoms with E-state index in [1.807, 2.05) is 19.1 Å². The maximum absolute atomic E-state index is 12.0. The molecule has 0 radical (unpaired) electrons. The highest BCUT2D eigenvalue weighted by Crippen LogP contribution is 2.18. The Labute approximate surface area is 148 Å². The normalized spacial score (nSPS) is 10.6. The number of rotatable bonds is 7. The van der Waals surface area contributed by atoms with Crippen molar-refractivity contribution in [1.29, 1.82) is 0 Å². The maximum atomic E-state index is 12.0. The van der Waals surface area contributed by atoms with Crippen molar-refractivity contribution >= 4 is 17.2 Å². The topological polar surface area (TPSA) is 94.8 Å². The van der Waals surface area contributed by atoms with E-state index in [1.54, 1.807) is 23.5 Å². The molecule has 2 heterocycles. The maximum Gasteiger partial charge on any atom is 0.258 e. The van der Waals surface area contributed by atoms with Crippen LogP contribution in [0.4, 0.5) is 0 Å². The zero-order valence-electron chi connectivity index (χ0n) is 14.0. The van der Waals surface area contributed by atoms with Crippen molar-refractivity contribution in [2.75, 3.05) is 6.61 Å². The van der Waals surface area contributed by atoms with Gasteiger partial charge in [0.15, 0.2) is 6.61 Å². The number of ether oxygens (including phenoxy) is 1. The van der Waals surface area contributed by atoms with E-state index >= 15 is 0 Å². The van der Waals surface area contributed by atoms with Crippen molar-refractivity contribution < 1.29 is 9.53 Å². The number of hydrogen-bond donors (Lipinski definition) is 1. The standard InChI is InChI=1S/C16H18N6O2S/c1-3-14-15(25-11(2)19-14)8-17-16(23)9-24-13-6-4-5-12(7-13)22-10-18-20-21-22/h4-7,10H,3,8-9H2,1-2H3,(H,17,23). The highest BCUT2D eigenvalue weighted by Gasteiger charge is 2.10. The average molecular weight is 358 g/mol. The first-order chi connectivity index (χ1) is 12.2. The number of benzene rings is 1. The number of aryl methyl sites for hydroxylation is 2. The van der Waals surface area contributed by atoms with Crippen molar-refractivity contribution in [3.05, 3.63) is 46.2 Å². The number of aromatic nitrogens is 5. The first kappa shape index (κ1) is 17.0. The number of tetrazole rings is 1. The molecule has 25 heavy (non-hydrogen) atoms. The number of carbonyl (C=O) groups is 1. The minimum Gasteiger partial charge on any atom is -0.484 e. The van der Waals surface area contributed by atoms with Crippen LogP contribution in [0.3, 0.4) is 0 Å². The second-order valence-electron chi connectivity index (χ2n) is 5.27. The third-order valence-corrected chi connectivity index (χ3v) is 4.48. The molecule has 3 rings (SSSR count). The molecule has 0 unspecified atom stereocenters. The Morgan fingerprint density at radius 3 is 3.04 bits per heavy atom. The van der Waals surface area contributed by atoms with Crippen molar-refractivity contribution in [2.45, 2.75) is 26.8 Å². The van der Waals surface area contributed by atoms with Crippen LogP contribution in [-0.4, -0.2) is 37.7 Å². The Morgan fingerprint density at radius 2 is 2.28 bits per heavy atom. The molecule has 1 N–H and O–H groups in total.